The Morgan fingerprint density at radius 3 is 2.58 bits per heavy atom. The van der Waals surface area contributed by atoms with Gasteiger partial charge in [-0.3, -0.25) is 4.79 Å². The Hall–Kier alpha value is -1.80. The molecule has 0 radical (unpaired) electrons. The summed E-state index contributed by atoms with van der Waals surface area (Å²) in [6.07, 6.45) is 0.712. The van der Waals surface area contributed by atoms with Gasteiger partial charge in [0.1, 0.15) is 11.5 Å². The predicted molar refractivity (Wildman–Crippen MR) is 77.4 cm³/mol. The van der Waals surface area contributed by atoms with E-state index < -0.39 is 0 Å². The number of rotatable bonds is 4. The van der Waals surface area contributed by atoms with E-state index in [-0.39, 0.29) is 0 Å². The Morgan fingerprint density at radius 1 is 1.16 bits per heavy atom. The lowest BCUT2D eigenvalue weighted by molar-refractivity contribution is 0.112. The zero-order chi connectivity index (χ0) is 13.8. The largest absolute Gasteiger partial charge is 0.457 e. The Morgan fingerprint density at radius 2 is 1.89 bits per heavy atom. The molecule has 0 atom stereocenters. The maximum absolute atomic E-state index is 11.0. The molecule has 0 aliphatic carbocycles. The van der Waals surface area contributed by atoms with Gasteiger partial charge in [0.2, 0.25) is 0 Å². The molecule has 0 unspecified atom stereocenters. The highest BCUT2D eigenvalue weighted by Gasteiger charge is 2.09. The van der Waals surface area contributed by atoms with Crippen LogP contribution in [0.3, 0.4) is 0 Å². The second-order valence-electron chi connectivity index (χ2n) is 4.60. The van der Waals surface area contributed by atoms with E-state index in [2.05, 4.69) is 19.9 Å². The van der Waals surface area contributed by atoms with Gasteiger partial charge in [-0.1, -0.05) is 43.6 Å². The van der Waals surface area contributed by atoms with Gasteiger partial charge in [-0.25, -0.2) is 0 Å². The normalized spacial score (nSPS) is 10.5. The maximum atomic E-state index is 11.0. The highest BCUT2D eigenvalue weighted by atomic mass is 35.5. The average molecular weight is 275 g/mol. The van der Waals surface area contributed by atoms with Crippen molar-refractivity contribution < 1.29 is 9.53 Å². The molecule has 2 rings (SSSR count). The minimum atomic E-state index is 0.374. The summed E-state index contributed by atoms with van der Waals surface area (Å²) in [6.45, 7) is 4.24. The summed E-state index contributed by atoms with van der Waals surface area (Å²) in [6, 6.07) is 13.0. The quantitative estimate of drug-likeness (QED) is 0.728. The molecule has 2 aromatic carbocycles. The maximum Gasteiger partial charge on any atom is 0.155 e. The Labute approximate surface area is 118 Å². The third kappa shape index (κ3) is 3.15. The van der Waals surface area contributed by atoms with Crippen LogP contribution in [-0.2, 0) is 0 Å². The fourth-order valence-electron chi connectivity index (χ4n) is 1.78. The molecule has 0 aliphatic rings. The van der Waals surface area contributed by atoms with Crippen molar-refractivity contribution in [1.29, 1.82) is 0 Å². The second-order valence-corrected chi connectivity index (χ2v) is 5.01. The van der Waals surface area contributed by atoms with Crippen LogP contribution in [0.4, 0.5) is 0 Å². The minimum absolute atomic E-state index is 0.374. The molecule has 19 heavy (non-hydrogen) atoms. The molecule has 0 bridgehead atoms. The highest BCUT2D eigenvalue weighted by Crippen LogP contribution is 2.30. The fraction of sp³-hybridized carbons (Fsp3) is 0.188. The molecule has 2 nitrogen and oxygen atoms in total. The number of hydrogen-bond acceptors (Lipinski definition) is 2. The van der Waals surface area contributed by atoms with Gasteiger partial charge in [-0.05, 0) is 35.7 Å². The van der Waals surface area contributed by atoms with Crippen molar-refractivity contribution in [2.75, 3.05) is 0 Å². The first kappa shape index (κ1) is 13.6. The number of benzene rings is 2. The van der Waals surface area contributed by atoms with Gasteiger partial charge < -0.3 is 4.74 Å². The highest BCUT2D eigenvalue weighted by molar-refractivity contribution is 6.33. The first-order valence-corrected chi connectivity index (χ1v) is 6.51. The fourth-order valence-corrected chi connectivity index (χ4v) is 2.00. The van der Waals surface area contributed by atoms with Crippen LogP contribution in [0.25, 0.3) is 0 Å². The monoisotopic (exact) mass is 274 g/mol. The first-order valence-electron chi connectivity index (χ1n) is 6.13. The van der Waals surface area contributed by atoms with Crippen LogP contribution in [0.1, 0.15) is 35.7 Å². The lowest BCUT2D eigenvalue weighted by Gasteiger charge is -2.11. The van der Waals surface area contributed by atoms with Gasteiger partial charge in [-0.15, -0.1) is 0 Å². The van der Waals surface area contributed by atoms with E-state index in [0.717, 1.165) is 0 Å². The molecule has 0 aromatic heterocycles. The molecule has 3 heteroatoms. The smallest absolute Gasteiger partial charge is 0.155 e. The molecule has 0 amide bonds. The van der Waals surface area contributed by atoms with Crippen molar-refractivity contribution in [1.82, 2.24) is 0 Å². The van der Waals surface area contributed by atoms with E-state index in [1.54, 1.807) is 18.2 Å². The molecule has 0 N–H and O–H groups in total. The van der Waals surface area contributed by atoms with Crippen LogP contribution >= 0.6 is 11.6 Å². The first-order chi connectivity index (χ1) is 9.11. The molecule has 0 aliphatic heterocycles. The van der Waals surface area contributed by atoms with Gasteiger partial charge in [0.25, 0.3) is 0 Å². The Kier molecular flexibility index (Phi) is 4.23. The van der Waals surface area contributed by atoms with Crippen molar-refractivity contribution in [3.63, 3.8) is 0 Å². The third-order valence-corrected chi connectivity index (χ3v) is 3.21. The van der Waals surface area contributed by atoms with Crippen LogP contribution in [0.15, 0.2) is 42.5 Å². The van der Waals surface area contributed by atoms with Crippen LogP contribution in [0.5, 0.6) is 11.5 Å². The summed E-state index contributed by atoms with van der Waals surface area (Å²) >= 11 is 5.97. The SMILES string of the molecule is CC(C)c1cccc(Oc2cccc(Cl)c2C=O)c1. The van der Waals surface area contributed by atoms with Crippen molar-refractivity contribution >= 4 is 17.9 Å². The summed E-state index contributed by atoms with van der Waals surface area (Å²) < 4.78 is 5.76. The summed E-state index contributed by atoms with van der Waals surface area (Å²) in [5, 5.41) is 0.396. The van der Waals surface area contributed by atoms with E-state index in [1.165, 1.54) is 5.56 Å². The van der Waals surface area contributed by atoms with E-state index in [1.807, 2.05) is 18.2 Å². The molecule has 0 heterocycles. The standard InChI is InChI=1S/C16H15ClO2/c1-11(2)12-5-3-6-13(9-12)19-16-8-4-7-15(17)14(16)10-18/h3-11H,1-2H3. The lowest BCUT2D eigenvalue weighted by atomic mass is 10.0. The van der Waals surface area contributed by atoms with Crippen LogP contribution in [0.2, 0.25) is 5.02 Å². The zero-order valence-electron chi connectivity index (χ0n) is 10.9. The van der Waals surface area contributed by atoms with Crippen LogP contribution < -0.4 is 4.74 Å². The predicted octanol–water partition coefficient (Wildman–Crippen LogP) is 5.07. The molecular formula is C16H15ClO2. The summed E-state index contributed by atoms with van der Waals surface area (Å²) in [5.74, 6) is 1.61. The van der Waals surface area contributed by atoms with Crippen molar-refractivity contribution in [2.45, 2.75) is 19.8 Å². The number of carbonyl (C=O) groups excluding carboxylic acids is 1. The average Bonchev–Trinajstić information content (AvgIpc) is 2.39. The Balaban J connectivity index is 2.33. The summed E-state index contributed by atoms with van der Waals surface area (Å²) in [4.78, 5) is 11.0. The van der Waals surface area contributed by atoms with Gasteiger partial charge in [-0.2, -0.15) is 0 Å². The van der Waals surface area contributed by atoms with E-state index in [4.69, 9.17) is 16.3 Å². The number of halogens is 1. The number of ether oxygens (including phenoxy) is 1. The summed E-state index contributed by atoms with van der Waals surface area (Å²) in [7, 11) is 0. The minimum Gasteiger partial charge on any atom is -0.457 e. The second kappa shape index (κ2) is 5.89. The van der Waals surface area contributed by atoms with Crippen LogP contribution in [-0.4, -0.2) is 6.29 Å². The van der Waals surface area contributed by atoms with Crippen LogP contribution in [0, 0.1) is 0 Å². The zero-order valence-corrected chi connectivity index (χ0v) is 11.6. The third-order valence-electron chi connectivity index (χ3n) is 2.88. The molecule has 0 saturated carbocycles. The van der Waals surface area contributed by atoms with Gasteiger partial charge in [0.05, 0.1) is 10.6 Å². The van der Waals surface area contributed by atoms with E-state index in [0.29, 0.717) is 34.3 Å². The van der Waals surface area contributed by atoms with E-state index in [9.17, 15) is 4.79 Å². The molecular weight excluding hydrogens is 260 g/mol. The lowest BCUT2D eigenvalue weighted by Crippen LogP contribution is -1.93. The molecule has 0 saturated heterocycles. The molecule has 2 aromatic rings. The van der Waals surface area contributed by atoms with Gasteiger partial charge in [0, 0.05) is 0 Å². The molecule has 0 spiro atoms. The van der Waals surface area contributed by atoms with Gasteiger partial charge >= 0.3 is 0 Å². The topological polar surface area (TPSA) is 26.3 Å². The molecule has 98 valence electrons. The van der Waals surface area contributed by atoms with E-state index >= 15 is 0 Å². The van der Waals surface area contributed by atoms with Crippen molar-refractivity contribution in [3.05, 3.63) is 58.6 Å². The van der Waals surface area contributed by atoms with Gasteiger partial charge in [0.15, 0.2) is 6.29 Å². The molecule has 0 fully saturated rings. The van der Waals surface area contributed by atoms with Crippen molar-refractivity contribution in [3.8, 4) is 11.5 Å². The number of aldehydes is 1. The van der Waals surface area contributed by atoms with Crippen molar-refractivity contribution in [2.24, 2.45) is 0 Å². The number of hydrogen-bond donors (Lipinski definition) is 0. The summed E-state index contributed by atoms with van der Waals surface area (Å²) in [5.41, 5.74) is 1.56. The number of carbonyl (C=O) groups is 1. The Bertz CT molecular complexity index is 591.